The Hall–Kier alpha value is -1.60. The first kappa shape index (κ1) is 14.8. The molecule has 0 fully saturated rings. The van der Waals surface area contributed by atoms with E-state index in [9.17, 15) is 13.2 Å². The van der Waals surface area contributed by atoms with Crippen LogP contribution in [0.5, 0.6) is 0 Å². The number of rotatable bonds is 3. The second-order valence-electron chi connectivity index (χ2n) is 4.06. The average molecular weight is 358 g/mol. The smallest absolute Gasteiger partial charge is 0.339 e. The Morgan fingerprint density at radius 3 is 2.40 bits per heavy atom. The molecule has 20 heavy (non-hydrogen) atoms. The minimum Gasteiger partial charge on any atom is -0.465 e. The fourth-order valence-electron chi connectivity index (χ4n) is 1.74. The van der Waals surface area contributed by atoms with Gasteiger partial charge in [-0.2, -0.15) is 0 Å². The summed E-state index contributed by atoms with van der Waals surface area (Å²) in [6.45, 7) is 1.65. The molecule has 1 aromatic carbocycles. The highest BCUT2D eigenvalue weighted by molar-refractivity contribution is 9.10. The standard InChI is InChI=1S/C13H12BrNO4S/c1-9-11(13(16)19-2)8-15(12(9)14)20(17,18)10-6-4-3-5-7-10/h3-8H,1-2H3. The minimum atomic E-state index is -3.75. The van der Waals surface area contributed by atoms with Gasteiger partial charge in [0.25, 0.3) is 10.0 Å². The summed E-state index contributed by atoms with van der Waals surface area (Å²) in [7, 11) is -2.50. The van der Waals surface area contributed by atoms with Crippen molar-refractivity contribution in [2.75, 3.05) is 7.11 Å². The first-order chi connectivity index (χ1) is 9.39. The van der Waals surface area contributed by atoms with Crippen LogP contribution < -0.4 is 0 Å². The Morgan fingerprint density at radius 1 is 1.25 bits per heavy atom. The van der Waals surface area contributed by atoms with Gasteiger partial charge in [0.2, 0.25) is 0 Å². The summed E-state index contributed by atoms with van der Waals surface area (Å²) >= 11 is 3.21. The molecule has 0 spiro atoms. The topological polar surface area (TPSA) is 65.4 Å². The number of halogens is 1. The van der Waals surface area contributed by atoms with Gasteiger partial charge >= 0.3 is 5.97 Å². The van der Waals surface area contributed by atoms with E-state index in [2.05, 4.69) is 20.7 Å². The summed E-state index contributed by atoms with van der Waals surface area (Å²) in [6, 6.07) is 8.00. The highest BCUT2D eigenvalue weighted by atomic mass is 79.9. The number of esters is 1. The molecule has 0 radical (unpaired) electrons. The van der Waals surface area contributed by atoms with Crippen LogP contribution >= 0.6 is 15.9 Å². The van der Waals surface area contributed by atoms with Crippen molar-refractivity contribution in [3.63, 3.8) is 0 Å². The van der Waals surface area contributed by atoms with Crippen LogP contribution in [0.25, 0.3) is 0 Å². The number of carbonyl (C=O) groups excluding carboxylic acids is 1. The van der Waals surface area contributed by atoms with Gasteiger partial charge in [-0.3, -0.25) is 0 Å². The van der Waals surface area contributed by atoms with Crippen molar-refractivity contribution in [2.24, 2.45) is 0 Å². The molecule has 2 aromatic rings. The highest BCUT2D eigenvalue weighted by Crippen LogP contribution is 2.27. The van der Waals surface area contributed by atoms with Crippen LogP contribution in [0.3, 0.4) is 0 Å². The Balaban J connectivity index is 2.63. The fourth-order valence-corrected chi connectivity index (χ4v) is 3.95. The number of benzene rings is 1. The number of methoxy groups -OCH3 is 1. The maximum Gasteiger partial charge on any atom is 0.339 e. The van der Waals surface area contributed by atoms with Crippen LogP contribution in [0.4, 0.5) is 0 Å². The van der Waals surface area contributed by atoms with Crippen molar-refractivity contribution in [2.45, 2.75) is 11.8 Å². The van der Waals surface area contributed by atoms with E-state index < -0.39 is 16.0 Å². The van der Waals surface area contributed by atoms with Crippen molar-refractivity contribution in [3.8, 4) is 0 Å². The van der Waals surface area contributed by atoms with Gasteiger partial charge in [-0.25, -0.2) is 17.2 Å². The van der Waals surface area contributed by atoms with Crippen LogP contribution in [0.15, 0.2) is 46.0 Å². The molecular weight excluding hydrogens is 346 g/mol. The highest BCUT2D eigenvalue weighted by Gasteiger charge is 2.25. The van der Waals surface area contributed by atoms with Gasteiger partial charge < -0.3 is 4.74 Å². The van der Waals surface area contributed by atoms with Gasteiger partial charge in [0.1, 0.15) is 4.60 Å². The Bertz CT molecular complexity index is 750. The van der Waals surface area contributed by atoms with Gasteiger partial charge in [0.05, 0.1) is 17.6 Å². The fraction of sp³-hybridized carbons (Fsp3) is 0.154. The van der Waals surface area contributed by atoms with Crippen molar-refractivity contribution in [3.05, 3.63) is 52.3 Å². The Kier molecular flexibility index (Phi) is 4.01. The van der Waals surface area contributed by atoms with Crippen LogP contribution in [0.2, 0.25) is 0 Å². The third-order valence-electron chi connectivity index (χ3n) is 2.86. The molecule has 0 aliphatic carbocycles. The number of aromatic nitrogens is 1. The maximum absolute atomic E-state index is 12.5. The molecule has 0 amide bonds. The molecule has 0 aliphatic heterocycles. The summed E-state index contributed by atoms with van der Waals surface area (Å²) < 4.78 is 31.0. The lowest BCUT2D eigenvalue weighted by atomic mass is 10.2. The van der Waals surface area contributed by atoms with Gasteiger partial charge in [0, 0.05) is 6.20 Å². The van der Waals surface area contributed by atoms with Crippen LogP contribution in [0.1, 0.15) is 15.9 Å². The van der Waals surface area contributed by atoms with Crippen LogP contribution in [-0.4, -0.2) is 25.5 Å². The first-order valence-electron chi connectivity index (χ1n) is 5.66. The van der Waals surface area contributed by atoms with E-state index in [-0.39, 0.29) is 10.5 Å². The SMILES string of the molecule is COC(=O)c1cn(S(=O)(=O)c2ccccc2)c(Br)c1C. The van der Waals surface area contributed by atoms with Gasteiger partial charge in [0.15, 0.2) is 0 Å². The van der Waals surface area contributed by atoms with E-state index in [0.717, 1.165) is 3.97 Å². The van der Waals surface area contributed by atoms with Crippen LogP contribution in [-0.2, 0) is 14.8 Å². The number of ether oxygens (including phenoxy) is 1. The number of nitrogens with zero attached hydrogens (tertiary/aromatic N) is 1. The third-order valence-corrected chi connectivity index (χ3v) is 5.74. The van der Waals surface area contributed by atoms with E-state index in [1.165, 1.54) is 25.4 Å². The van der Waals surface area contributed by atoms with Crippen molar-refractivity contribution in [1.82, 2.24) is 3.97 Å². The van der Waals surface area contributed by atoms with Crippen molar-refractivity contribution >= 4 is 31.9 Å². The largest absolute Gasteiger partial charge is 0.465 e. The predicted molar refractivity (Wildman–Crippen MR) is 77.2 cm³/mol. The zero-order chi connectivity index (χ0) is 14.9. The molecule has 5 nitrogen and oxygen atoms in total. The summed E-state index contributed by atoms with van der Waals surface area (Å²) in [6.07, 6.45) is 1.26. The number of carbonyl (C=O) groups is 1. The molecule has 2 rings (SSSR count). The summed E-state index contributed by atoms with van der Waals surface area (Å²) in [5, 5.41) is 0. The monoisotopic (exact) mass is 357 g/mol. The van der Waals surface area contributed by atoms with Crippen LogP contribution in [0, 0.1) is 6.92 Å². The van der Waals surface area contributed by atoms with E-state index in [4.69, 9.17) is 0 Å². The number of hydrogen-bond donors (Lipinski definition) is 0. The molecule has 0 atom stereocenters. The van der Waals surface area contributed by atoms with E-state index in [1.54, 1.807) is 25.1 Å². The normalized spacial score (nSPS) is 11.3. The summed E-state index contributed by atoms with van der Waals surface area (Å²) in [4.78, 5) is 11.8. The lowest BCUT2D eigenvalue weighted by molar-refractivity contribution is 0.0600. The van der Waals surface area contributed by atoms with E-state index in [0.29, 0.717) is 10.2 Å². The molecule has 0 bridgehead atoms. The summed E-state index contributed by atoms with van der Waals surface area (Å²) in [5.41, 5.74) is 0.718. The second-order valence-corrected chi connectivity index (χ2v) is 6.63. The number of hydrogen-bond acceptors (Lipinski definition) is 4. The van der Waals surface area contributed by atoms with Crippen molar-refractivity contribution in [1.29, 1.82) is 0 Å². The average Bonchev–Trinajstić information content (AvgIpc) is 2.76. The Morgan fingerprint density at radius 2 is 1.85 bits per heavy atom. The first-order valence-corrected chi connectivity index (χ1v) is 7.89. The quantitative estimate of drug-likeness (QED) is 0.791. The maximum atomic E-state index is 12.5. The van der Waals surface area contributed by atoms with E-state index in [1.807, 2.05) is 0 Å². The molecule has 0 N–H and O–H groups in total. The van der Waals surface area contributed by atoms with Gasteiger partial charge in [-0.15, -0.1) is 0 Å². The lowest BCUT2D eigenvalue weighted by Crippen LogP contribution is -2.12. The zero-order valence-electron chi connectivity index (χ0n) is 10.8. The van der Waals surface area contributed by atoms with Gasteiger partial charge in [-0.05, 0) is 40.5 Å². The molecule has 7 heteroatoms. The minimum absolute atomic E-state index is 0.145. The molecule has 106 valence electrons. The van der Waals surface area contributed by atoms with E-state index >= 15 is 0 Å². The summed E-state index contributed by atoms with van der Waals surface area (Å²) in [5.74, 6) is -0.579. The molecule has 0 saturated heterocycles. The predicted octanol–water partition coefficient (Wildman–Crippen LogP) is 2.58. The Labute approximate surface area is 125 Å². The molecule has 0 saturated carbocycles. The third kappa shape index (κ3) is 2.38. The molecule has 1 heterocycles. The van der Waals surface area contributed by atoms with Crippen molar-refractivity contribution < 1.29 is 17.9 Å². The molecule has 0 unspecified atom stereocenters. The lowest BCUT2D eigenvalue weighted by Gasteiger charge is -2.07. The molecule has 0 aliphatic rings. The zero-order valence-corrected chi connectivity index (χ0v) is 13.2. The molecule has 1 aromatic heterocycles. The second kappa shape index (κ2) is 5.41. The molecular formula is C13H12BrNO4S. The van der Waals surface area contributed by atoms with Gasteiger partial charge in [-0.1, -0.05) is 18.2 Å².